The SMILES string of the molecule is CCCCCC(C(=O)Cl)C(C)(C)CC. The molecule has 0 aromatic rings. The van der Waals surface area contributed by atoms with Gasteiger partial charge in [0.2, 0.25) is 5.24 Å². The fourth-order valence-corrected chi connectivity index (χ4v) is 2.06. The molecule has 0 saturated heterocycles. The van der Waals surface area contributed by atoms with E-state index in [1.54, 1.807) is 0 Å². The third-order valence-corrected chi connectivity index (χ3v) is 3.49. The number of halogens is 1. The summed E-state index contributed by atoms with van der Waals surface area (Å²) in [5, 5.41) is -0.159. The molecule has 0 aliphatic heterocycles. The highest BCUT2D eigenvalue weighted by Crippen LogP contribution is 2.35. The van der Waals surface area contributed by atoms with Crippen LogP contribution in [0.3, 0.4) is 0 Å². The molecule has 1 nitrogen and oxygen atoms in total. The molecule has 0 saturated carbocycles. The fourth-order valence-electron chi connectivity index (χ4n) is 1.66. The number of carbonyl (C=O) groups is 1. The molecule has 1 atom stereocenters. The predicted octanol–water partition coefficient (Wildman–Crippen LogP) is 4.38. The average Bonchev–Trinajstić information content (AvgIpc) is 2.11. The third kappa shape index (κ3) is 4.45. The van der Waals surface area contributed by atoms with Crippen LogP contribution in [0.1, 0.15) is 59.8 Å². The van der Waals surface area contributed by atoms with Gasteiger partial charge in [-0.3, -0.25) is 4.79 Å². The second-order valence-corrected chi connectivity index (χ2v) is 5.07. The van der Waals surface area contributed by atoms with Gasteiger partial charge in [-0.25, -0.2) is 0 Å². The monoisotopic (exact) mass is 218 g/mol. The average molecular weight is 219 g/mol. The first-order valence-corrected chi connectivity index (χ1v) is 6.02. The smallest absolute Gasteiger partial charge is 0.225 e. The second kappa shape index (κ2) is 6.44. The lowest BCUT2D eigenvalue weighted by Gasteiger charge is -2.30. The van der Waals surface area contributed by atoms with Gasteiger partial charge in [0.25, 0.3) is 0 Å². The largest absolute Gasteiger partial charge is 0.281 e. The van der Waals surface area contributed by atoms with Gasteiger partial charge in [-0.05, 0) is 23.4 Å². The minimum atomic E-state index is -0.159. The van der Waals surface area contributed by atoms with E-state index in [1.807, 2.05) is 0 Å². The number of carbonyl (C=O) groups excluding carboxylic acids is 1. The summed E-state index contributed by atoms with van der Waals surface area (Å²) in [6.07, 6.45) is 5.44. The fraction of sp³-hybridized carbons (Fsp3) is 0.917. The van der Waals surface area contributed by atoms with Crippen LogP contribution in [0, 0.1) is 11.3 Å². The summed E-state index contributed by atoms with van der Waals surface area (Å²) < 4.78 is 0. The summed E-state index contributed by atoms with van der Waals surface area (Å²) in [5.41, 5.74) is 0.0482. The lowest BCUT2D eigenvalue weighted by Crippen LogP contribution is -2.28. The van der Waals surface area contributed by atoms with Crippen molar-refractivity contribution in [3.05, 3.63) is 0 Å². The van der Waals surface area contributed by atoms with Gasteiger partial charge in [-0.1, -0.05) is 53.4 Å². The molecule has 0 aliphatic carbocycles. The molecule has 1 unspecified atom stereocenters. The van der Waals surface area contributed by atoms with Crippen molar-refractivity contribution >= 4 is 16.8 Å². The van der Waals surface area contributed by atoms with Crippen molar-refractivity contribution in [1.29, 1.82) is 0 Å². The van der Waals surface area contributed by atoms with E-state index < -0.39 is 0 Å². The van der Waals surface area contributed by atoms with Gasteiger partial charge in [0.05, 0.1) is 0 Å². The summed E-state index contributed by atoms with van der Waals surface area (Å²) in [6.45, 7) is 8.54. The first-order chi connectivity index (χ1) is 6.45. The Kier molecular flexibility index (Phi) is 6.43. The third-order valence-electron chi connectivity index (χ3n) is 3.22. The van der Waals surface area contributed by atoms with Gasteiger partial charge >= 0.3 is 0 Å². The zero-order valence-electron chi connectivity index (χ0n) is 9.90. The van der Waals surface area contributed by atoms with Crippen molar-refractivity contribution in [3.63, 3.8) is 0 Å². The second-order valence-electron chi connectivity index (χ2n) is 4.69. The van der Waals surface area contributed by atoms with Crippen molar-refractivity contribution in [3.8, 4) is 0 Å². The van der Waals surface area contributed by atoms with Crippen LogP contribution in [0.25, 0.3) is 0 Å². The topological polar surface area (TPSA) is 17.1 Å². The van der Waals surface area contributed by atoms with E-state index in [4.69, 9.17) is 11.6 Å². The van der Waals surface area contributed by atoms with E-state index in [9.17, 15) is 4.79 Å². The highest BCUT2D eigenvalue weighted by Gasteiger charge is 2.31. The number of unbranched alkanes of at least 4 members (excludes halogenated alkanes) is 2. The van der Waals surface area contributed by atoms with Gasteiger partial charge in [0, 0.05) is 5.92 Å². The van der Waals surface area contributed by atoms with Gasteiger partial charge in [-0.2, -0.15) is 0 Å². The summed E-state index contributed by atoms with van der Waals surface area (Å²) in [4.78, 5) is 11.3. The molecule has 0 aromatic heterocycles. The molecule has 14 heavy (non-hydrogen) atoms. The van der Waals surface area contributed by atoms with E-state index >= 15 is 0 Å². The number of hydrogen-bond donors (Lipinski definition) is 0. The first kappa shape index (κ1) is 14.0. The summed E-state index contributed by atoms with van der Waals surface area (Å²) in [7, 11) is 0. The van der Waals surface area contributed by atoms with Crippen LogP contribution in [0.4, 0.5) is 0 Å². The van der Waals surface area contributed by atoms with Crippen LogP contribution in [-0.4, -0.2) is 5.24 Å². The normalized spacial score (nSPS) is 14.1. The zero-order valence-corrected chi connectivity index (χ0v) is 10.7. The molecular formula is C12H23ClO. The maximum absolute atomic E-state index is 11.3. The first-order valence-electron chi connectivity index (χ1n) is 5.65. The lowest BCUT2D eigenvalue weighted by molar-refractivity contribution is -0.118. The minimum absolute atomic E-state index is 0.0284. The van der Waals surface area contributed by atoms with E-state index in [0.29, 0.717) is 0 Å². The number of rotatable bonds is 7. The van der Waals surface area contributed by atoms with Crippen LogP contribution in [0.2, 0.25) is 0 Å². The van der Waals surface area contributed by atoms with Crippen LogP contribution in [-0.2, 0) is 4.79 Å². The molecule has 2 heteroatoms. The van der Waals surface area contributed by atoms with Crippen molar-refractivity contribution in [2.24, 2.45) is 11.3 Å². The molecule has 84 valence electrons. The molecule has 0 heterocycles. The quantitative estimate of drug-likeness (QED) is 0.458. The molecule has 0 rings (SSSR count). The Morgan fingerprint density at radius 3 is 2.21 bits per heavy atom. The van der Waals surface area contributed by atoms with Crippen molar-refractivity contribution in [2.75, 3.05) is 0 Å². The van der Waals surface area contributed by atoms with E-state index in [0.717, 1.165) is 19.3 Å². The molecule has 0 N–H and O–H groups in total. The molecule has 0 radical (unpaired) electrons. The van der Waals surface area contributed by atoms with Gasteiger partial charge < -0.3 is 0 Å². The molecule has 0 aromatic carbocycles. The van der Waals surface area contributed by atoms with Gasteiger partial charge in [0.1, 0.15) is 0 Å². The minimum Gasteiger partial charge on any atom is -0.281 e. The summed E-state index contributed by atoms with van der Waals surface area (Å²) >= 11 is 5.65. The Hall–Kier alpha value is -0.0400. The Balaban J connectivity index is 4.22. The molecule has 0 amide bonds. The molecule has 0 spiro atoms. The Bertz CT molecular complexity index is 175. The maximum atomic E-state index is 11.3. The summed E-state index contributed by atoms with van der Waals surface area (Å²) in [6, 6.07) is 0. The zero-order chi connectivity index (χ0) is 11.2. The Morgan fingerprint density at radius 1 is 1.29 bits per heavy atom. The number of hydrogen-bond acceptors (Lipinski definition) is 1. The van der Waals surface area contributed by atoms with E-state index in [-0.39, 0.29) is 16.6 Å². The Labute approximate surface area is 93.2 Å². The van der Waals surface area contributed by atoms with Gasteiger partial charge in [-0.15, -0.1) is 0 Å². The van der Waals surface area contributed by atoms with Crippen LogP contribution in [0.5, 0.6) is 0 Å². The highest BCUT2D eigenvalue weighted by molar-refractivity contribution is 6.64. The molecule has 0 bridgehead atoms. The van der Waals surface area contributed by atoms with Crippen molar-refractivity contribution in [2.45, 2.75) is 59.8 Å². The van der Waals surface area contributed by atoms with Gasteiger partial charge in [0.15, 0.2) is 0 Å². The van der Waals surface area contributed by atoms with E-state index in [2.05, 4.69) is 27.7 Å². The maximum Gasteiger partial charge on any atom is 0.225 e. The highest BCUT2D eigenvalue weighted by atomic mass is 35.5. The van der Waals surface area contributed by atoms with Crippen LogP contribution >= 0.6 is 11.6 Å². The predicted molar refractivity (Wildman–Crippen MR) is 62.6 cm³/mol. The van der Waals surface area contributed by atoms with E-state index in [1.165, 1.54) is 12.8 Å². The molecule has 0 fully saturated rings. The standard InChI is InChI=1S/C12H23ClO/c1-5-7-8-9-10(11(13)14)12(3,4)6-2/h10H,5-9H2,1-4H3. The Morgan fingerprint density at radius 2 is 1.86 bits per heavy atom. The van der Waals surface area contributed by atoms with Crippen LogP contribution in [0.15, 0.2) is 0 Å². The molecule has 0 aliphatic rings. The molecular weight excluding hydrogens is 196 g/mol. The van der Waals surface area contributed by atoms with Crippen LogP contribution < -0.4 is 0 Å². The lowest BCUT2D eigenvalue weighted by atomic mass is 9.75. The summed E-state index contributed by atoms with van der Waals surface area (Å²) in [5.74, 6) is 0.0284. The van der Waals surface area contributed by atoms with Crippen molar-refractivity contribution in [1.82, 2.24) is 0 Å². The van der Waals surface area contributed by atoms with Crippen molar-refractivity contribution < 1.29 is 4.79 Å².